The van der Waals surface area contributed by atoms with E-state index in [4.69, 9.17) is 15.0 Å². The molecule has 1 aromatic heterocycles. The predicted molar refractivity (Wildman–Crippen MR) is 63.1 cm³/mol. The largest absolute Gasteiger partial charge is 0.374 e. The molecule has 0 spiro atoms. The fourth-order valence-electron chi connectivity index (χ4n) is 2.35. The molecule has 2 N–H and O–H groups in total. The molecule has 5 heteroatoms. The molecule has 0 bridgehead atoms. The average molecular weight is 239 g/mol. The lowest BCUT2D eigenvalue weighted by Crippen LogP contribution is -2.23. The zero-order valence-electron chi connectivity index (χ0n) is 10.4. The Hall–Kier alpha value is -0.940. The van der Waals surface area contributed by atoms with Crippen LogP contribution in [0.15, 0.2) is 4.52 Å². The van der Waals surface area contributed by atoms with Gasteiger partial charge in [0.05, 0.1) is 6.04 Å². The van der Waals surface area contributed by atoms with Crippen LogP contribution in [0.5, 0.6) is 0 Å². The molecule has 5 nitrogen and oxygen atoms in total. The SMILES string of the molecule is CCOCc1noc(C(N)C2CCCCC2)n1. The molecule has 0 aromatic carbocycles. The Labute approximate surface area is 102 Å². The van der Waals surface area contributed by atoms with E-state index >= 15 is 0 Å². The molecular formula is C12H21N3O2. The van der Waals surface area contributed by atoms with Crippen LogP contribution in [0.2, 0.25) is 0 Å². The molecule has 1 aliphatic carbocycles. The second-order valence-corrected chi connectivity index (χ2v) is 4.61. The summed E-state index contributed by atoms with van der Waals surface area (Å²) in [6, 6.07) is -0.113. The van der Waals surface area contributed by atoms with Gasteiger partial charge in [0.25, 0.3) is 0 Å². The molecule has 0 aliphatic heterocycles. The van der Waals surface area contributed by atoms with Crippen molar-refractivity contribution >= 4 is 0 Å². The molecule has 1 unspecified atom stereocenters. The number of hydrogen-bond acceptors (Lipinski definition) is 5. The van der Waals surface area contributed by atoms with Gasteiger partial charge < -0.3 is 15.0 Å². The quantitative estimate of drug-likeness (QED) is 0.852. The summed E-state index contributed by atoms with van der Waals surface area (Å²) in [5.74, 6) is 1.64. The molecule has 0 amide bonds. The number of aromatic nitrogens is 2. The van der Waals surface area contributed by atoms with Crippen LogP contribution in [0.3, 0.4) is 0 Å². The highest BCUT2D eigenvalue weighted by Gasteiger charge is 2.26. The molecule has 96 valence electrons. The van der Waals surface area contributed by atoms with Gasteiger partial charge in [0.2, 0.25) is 5.89 Å². The first-order valence-corrected chi connectivity index (χ1v) is 6.47. The fourth-order valence-corrected chi connectivity index (χ4v) is 2.35. The third-order valence-electron chi connectivity index (χ3n) is 3.36. The van der Waals surface area contributed by atoms with E-state index in [1.165, 1.54) is 32.1 Å². The van der Waals surface area contributed by atoms with Crippen molar-refractivity contribution in [2.24, 2.45) is 11.7 Å². The van der Waals surface area contributed by atoms with Crippen LogP contribution in [-0.4, -0.2) is 16.7 Å². The van der Waals surface area contributed by atoms with Crippen LogP contribution in [0.1, 0.15) is 56.8 Å². The Bertz CT molecular complexity index is 334. The van der Waals surface area contributed by atoms with E-state index < -0.39 is 0 Å². The summed E-state index contributed by atoms with van der Waals surface area (Å²) < 4.78 is 10.4. The number of rotatable bonds is 5. The summed E-state index contributed by atoms with van der Waals surface area (Å²) in [4.78, 5) is 4.30. The predicted octanol–water partition coefficient (Wildman–Crippen LogP) is 2.19. The van der Waals surface area contributed by atoms with Gasteiger partial charge in [0, 0.05) is 6.61 Å². The first-order chi connectivity index (χ1) is 8.31. The van der Waals surface area contributed by atoms with Gasteiger partial charge >= 0.3 is 0 Å². The van der Waals surface area contributed by atoms with Gasteiger partial charge in [0.1, 0.15) is 6.61 Å². The van der Waals surface area contributed by atoms with Gasteiger partial charge in [-0.1, -0.05) is 24.4 Å². The molecule has 1 fully saturated rings. The van der Waals surface area contributed by atoms with Gasteiger partial charge in [-0.15, -0.1) is 0 Å². The van der Waals surface area contributed by atoms with Crippen LogP contribution in [0.4, 0.5) is 0 Å². The van der Waals surface area contributed by atoms with Crippen molar-refractivity contribution in [3.8, 4) is 0 Å². The summed E-state index contributed by atoms with van der Waals surface area (Å²) in [5.41, 5.74) is 6.17. The summed E-state index contributed by atoms with van der Waals surface area (Å²) in [7, 11) is 0. The lowest BCUT2D eigenvalue weighted by Gasteiger charge is -2.24. The van der Waals surface area contributed by atoms with Crippen molar-refractivity contribution in [3.05, 3.63) is 11.7 Å². The Morgan fingerprint density at radius 1 is 1.41 bits per heavy atom. The normalized spacial score (nSPS) is 19.4. The van der Waals surface area contributed by atoms with Crippen molar-refractivity contribution in [3.63, 3.8) is 0 Å². The van der Waals surface area contributed by atoms with E-state index in [9.17, 15) is 0 Å². The van der Waals surface area contributed by atoms with E-state index in [0.717, 1.165) is 0 Å². The first-order valence-electron chi connectivity index (χ1n) is 6.47. The van der Waals surface area contributed by atoms with Gasteiger partial charge in [0.15, 0.2) is 5.82 Å². The minimum Gasteiger partial charge on any atom is -0.374 e. The Kier molecular flexibility index (Phi) is 4.50. The van der Waals surface area contributed by atoms with Crippen LogP contribution < -0.4 is 5.73 Å². The highest BCUT2D eigenvalue weighted by atomic mass is 16.5. The third-order valence-corrected chi connectivity index (χ3v) is 3.36. The van der Waals surface area contributed by atoms with Gasteiger partial charge in [-0.2, -0.15) is 4.98 Å². The molecular weight excluding hydrogens is 218 g/mol. The summed E-state index contributed by atoms with van der Waals surface area (Å²) >= 11 is 0. The second kappa shape index (κ2) is 6.12. The van der Waals surface area contributed by atoms with Gasteiger partial charge in [-0.25, -0.2) is 0 Å². The number of nitrogens with zero attached hydrogens (tertiary/aromatic N) is 2. The van der Waals surface area contributed by atoms with Gasteiger partial charge in [-0.05, 0) is 25.7 Å². The van der Waals surface area contributed by atoms with E-state index in [0.29, 0.717) is 30.8 Å². The standard InChI is InChI=1S/C12H21N3O2/c1-2-16-8-10-14-12(17-15-10)11(13)9-6-4-3-5-7-9/h9,11H,2-8,13H2,1H3. The monoisotopic (exact) mass is 239 g/mol. The Balaban J connectivity index is 1.93. The summed E-state index contributed by atoms with van der Waals surface area (Å²) in [6.07, 6.45) is 6.19. The molecule has 17 heavy (non-hydrogen) atoms. The molecule has 2 rings (SSSR count). The summed E-state index contributed by atoms with van der Waals surface area (Å²) in [6.45, 7) is 2.99. The number of nitrogens with two attached hydrogens (primary N) is 1. The maximum atomic E-state index is 6.17. The van der Waals surface area contributed by atoms with Crippen molar-refractivity contribution < 1.29 is 9.26 Å². The fraction of sp³-hybridized carbons (Fsp3) is 0.833. The molecule has 1 aliphatic rings. The topological polar surface area (TPSA) is 74.2 Å². The Morgan fingerprint density at radius 2 is 2.18 bits per heavy atom. The van der Waals surface area contributed by atoms with Crippen molar-refractivity contribution in [2.75, 3.05) is 6.61 Å². The minimum absolute atomic E-state index is 0.113. The average Bonchev–Trinajstić information content (AvgIpc) is 2.85. The van der Waals surface area contributed by atoms with Crippen molar-refractivity contribution in [2.45, 2.75) is 51.7 Å². The van der Waals surface area contributed by atoms with E-state index in [1.807, 2.05) is 6.92 Å². The van der Waals surface area contributed by atoms with Crippen molar-refractivity contribution in [1.29, 1.82) is 0 Å². The number of hydrogen-bond donors (Lipinski definition) is 1. The Morgan fingerprint density at radius 3 is 2.88 bits per heavy atom. The highest BCUT2D eigenvalue weighted by Crippen LogP contribution is 2.32. The van der Waals surface area contributed by atoms with Gasteiger partial charge in [-0.3, -0.25) is 0 Å². The number of ether oxygens (including phenoxy) is 1. The maximum absolute atomic E-state index is 6.17. The molecule has 1 aromatic rings. The molecule has 1 atom stereocenters. The van der Waals surface area contributed by atoms with E-state index in [2.05, 4.69) is 10.1 Å². The van der Waals surface area contributed by atoms with Crippen LogP contribution in [0.25, 0.3) is 0 Å². The lowest BCUT2D eigenvalue weighted by atomic mass is 9.84. The van der Waals surface area contributed by atoms with Crippen LogP contribution >= 0.6 is 0 Å². The maximum Gasteiger partial charge on any atom is 0.243 e. The summed E-state index contributed by atoms with van der Waals surface area (Å²) in [5, 5.41) is 3.88. The van der Waals surface area contributed by atoms with E-state index in [-0.39, 0.29) is 6.04 Å². The molecule has 0 radical (unpaired) electrons. The van der Waals surface area contributed by atoms with E-state index in [1.54, 1.807) is 0 Å². The zero-order valence-corrected chi connectivity index (χ0v) is 10.4. The third kappa shape index (κ3) is 3.26. The smallest absolute Gasteiger partial charge is 0.243 e. The minimum atomic E-state index is -0.113. The van der Waals surface area contributed by atoms with Crippen LogP contribution in [0, 0.1) is 5.92 Å². The second-order valence-electron chi connectivity index (χ2n) is 4.61. The zero-order chi connectivity index (χ0) is 12.1. The van der Waals surface area contributed by atoms with Crippen LogP contribution in [-0.2, 0) is 11.3 Å². The highest BCUT2D eigenvalue weighted by molar-refractivity contribution is 4.94. The first kappa shape index (κ1) is 12.5. The molecule has 0 saturated heterocycles. The molecule has 1 saturated carbocycles. The van der Waals surface area contributed by atoms with Crippen molar-refractivity contribution in [1.82, 2.24) is 10.1 Å². The lowest BCUT2D eigenvalue weighted by molar-refractivity contribution is 0.126. The molecule has 1 heterocycles.